The van der Waals surface area contributed by atoms with E-state index in [1.807, 2.05) is 31.2 Å². The molecule has 0 saturated carbocycles. The summed E-state index contributed by atoms with van der Waals surface area (Å²) in [4.78, 5) is 5.38. The molecular weight excluding hydrogens is 280 g/mol. The van der Waals surface area contributed by atoms with Gasteiger partial charge in [0.2, 0.25) is 4.96 Å². The first kappa shape index (κ1) is 13.8. The van der Waals surface area contributed by atoms with Crippen LogP contribution in [0.5, 0.6) is 0 Å². The van der Waals surface area contributed by atoms with Crippen LogP contribution in [0.15, 0.2) is 24.3 Å². The van der Waals surface area contributed by atoms with Crippen LogP contribution in [-0.2, 0) is 5.41 Å². The average molecular weight is 296 g/mol. The largest absolute Gasteiger partial charge is 0.216 e. The van der Waals surface area contributed by atoms with Crippen molar-refractivity contribution in [3.05, 3.63) is 40.5 Å². The second-order valence-corrected chi connectivity index (χ2v) is 7.09. The lowest BCUT2D eigenvalue weighted by Gasteiger charge is -2.12. The zero-order chi connectivity index (χ0) is 15.2. The Morgan fingerprint density at radius 1 is 1.19 bits per heavy atom. The Hall–Kier alpha value is -2.19. The van der Waals surface area contributed by atoms with Gasteiger partial charge in [-0.3, -0.25) is 0 Å². The van der Waals surface area contributed by atoms with E-state index in [0.29, 0.717) is 11.4 Å². The summed E-state index contributed by atoms with van der Waals surface area (Å²) >= 11 is 1.54. The Balaban J connectivity index is 2.20. The SMILES string of the molecule is Cc1ccc(-c2nc3sc(C(C)(C)C)nn3c2C#N)cc1. The van der Waals surface area contributed by atoms with Crippen LogP contribution in [0.25, 0.3) is 16.2 Å². The van der Waals surface area contributed by atoms with Gasteiger partial charge < -0.3 is 0 Å². The summed E-state index contributed by atoms with van der Waals surface area (Å²) in [7, 11) is 0. The van der Waals surface area contributed by atoms with Crippen molar-refractivity contribution >= 4 is 16.3 Å². The minimum atomic E-state index is -0.0396. The first-order valence-electron chi connectivity index (χ1n) is 6.77. The number of hydrogen-bond donors (Lipinski definition) is 0. The Kier molecular flexibility index (Phi) is 3.07. The Morgan fingerprint density at radius 3 is 2.43 bits per heavy atom. The van der Waals surface area contributed by atoms with Gasteiger partial charge >= 0.3 is 0 Å². The smallest absolute Gasteiger partial charge is 0.214 e. The zero-order valence-electron chi connectivity index (χ0n) is 12.5. The predicted octanol–water partition coefficient (Wildman–Crippen LogP) is 3.94. The molecule has 0 atom stereocenters. The van der Waals surface area contributed by atoms with Gasteiger partial charge in [-0.05, 0) is 6.92 Å². The van der Waals surface area contributed by atoms with Gasteiger partial charge in [0.15, 0.2) is 5.69 Å². The summed E-state index contributed by atoms with van der Waals surface area (Å²) in [5.41, 5.74) is 3.30. The number of nitrogens with zero attached hydrogens (tertiary/aromatic N) is 4. The number of rotatable bonds is 1. The number of nitriles is 1. The number of aromatic nitrogens is 3. The molecule has 106 valence electrons. The highest BCUT2D eigenvalue weighted by Crippen LogP contribution is 2.31. The number of hydrogen-bond acceptors (Lipinski definition) is 4. The van der Waals surface area contributed by atoms with E-state index in [1.165, 1.54) is 5.56 Å². The summed E-state index contributed by atoms with van der Waals surface area (Å²) < 4.78 is 1.67. The third-order valence-electron chi connectivity index (χ3n) is 3.28. The Bertz CT molecular complexity index is 841. The fourth-order valence-corrected chi connectivity index (χ4v) is 3.02. The van der Waals surface area contributed by atoms with Crippen molar-refractivity contribution in [1.82, 2.24) is 14.6 Å². The molecule has 0 spiro atoms. The van der Waals surface area contributed by atoms with Crippen LogP contribution in [0.3, 0.4) is 0 Å². The lowest BCUT2D eigenvalue weighted by atomic mass is 9.98. The molecule has 1 aromatic carbocycles. The first-order chi connectivity index (χ1) is 9.90. The van der Waals surface area contributed by atoms with Gasteiger partial charge in [-0.1, -0.05) is 61.9 Å². The van der Waals surface area contributed by atoms with Crippen molar-refractivity contribution in [1.29, 1.82) is 5.26 Å². The maximum atomic E-state index is 9.49. The first-order valence-corrected chi connectivity index (χ1v) is 7.59. The highest BCUT2D eigenvalue weighted by atomic mass is 32.1. The van der Waals surface area contributed by atoms with E-state index in [2.05, 4.69) is 36.9 Å². The van der Waals surface area contributed by atoms with Crippen LogP contribution in [0.4, 0.5) is 0 Å². The molecule has 3 rings (SSSR count). The number of fused-ring (bicyclic) bond motifs is 1. The van der Waals surface area contributed by atoms with Gasteiger partial charge in [-0.2, -0.15) is 14.9 Å². The molecule has 5 heteroatoms. The van der Waals surface area contributed by atoms with Gasteiger partial charge in [-0.25, -0.2) is 4.98 Å². The Labute approximate surface area is 127 Å². The van der Waals surface area contributed by atoms with Gasteiger partial charge in [0, 0.05) is 11.0 Å². The van der Waals surface area contributed by atoms with Crippen molar-refractivity contribution in [3.8, 4) is 17.3 Å². The van der Waals surface area contributed by atoms with Crippen molar-refractivity contribution < 1.29 is 0 Å². The van der Waals surface area contributed by atoms with E-state index in [1.54, 1.807) is 15.9 Å². The van der Waals surface area contributed by atoms with E-state index < -0.39 is 0 Å². The molecule has 21 heavy (non-hydrogen) atoms. The van der Waals surface area contributed by atoms with Crippen LogP contribution in [0.1, 0.15) is 37.0 Å². The molecule has 4 nitrogen and oxygen atoms in total. The molecule has 0 amide bonds. The summed E-state index contributed by atoms with van der Waals surface area (Å²) in [5, 5.41) is 15.0. The molecule has 0 unspecified atom stereocenters. The quantitative estimate of drug-likeness (QED) is 0.683. The van der Waals surface area contributed by atoms with E-state index in [0.717, 1.165) is 15.5 Å². The summed E-state index contributed by atoms with van der Waals surface area (Å²) in [6.45, 7) is 8.37. The summed E-state index contributed by atoms with van der Waals surface area (Å²) in [6.07, 6.45) is 0. The highest BCUT2D eigenvalue weighted by molar-refractivity contribution is 7.16. The van der Waals surface area contributed by atoms with Crippen molar-refractivity contribution in [2.45, 2.75) is 33.1 Å². The van der Waals surface area contributed by atoms with E-state index >= 15 is 0 Å². The van der Waals surface area contributed by atoms with E-state index in [4.69, 9.17) is 0 Å². The second-order valence-electron chi connectivity index (χ2n) is 6.14. The third kappa shape index (κ3) is 2.32. The molecule has 0 N–H and O–H groups in total. The van der Waals surface area contributed by atoms with Crippen LogP contribution in [-0.4, -0.2) is 14.6 Å². The molecule has 0 bridgehead atoms. The van der Waals surface area contributed by atoms with Gasteiger partial charge in [0.25, 0.3) is 0 Å². The van der Waals surface area contributed by atoms with Crippen LogP contribution in [0, 0.1) is 18.3 Å². The van der Waals surface area contributed by atoms with Gasteiger partial charge in [0.1, 0.15) is 16.8 Å². The summed E-state index contributed by atoms with van der Waals surface area (Å²) in [6, 6.07) is 10.3. The molecule has 3 aromatic rings. The maximum absolute atomic E-state index is 9.49. The minimum absolute atomic E-state index is 0.0396. The lowest BCUT2D eigenvalue weighted by Crippen LogP contribution is -2.11. The van der Waals surface area contributed by atoms with Crippen molar-refractivity contribution in [2.75, 3.05) is 0 Å². The van der Waals surface area contributed by atoms with Gasteiger partial charge in [-0.15, -0.1) is 0 Å². The third-order valence-corrected chi connectivity index (χ3v) is 4.61. The van der Waals surface area contributed by atoms with Crippen molar-refractivity contribution in [2.24, 2.45) is 0 Å². The molecule has 0 aliphatic rings. The fraction of sp³-hybridized carbons (Fsp3) is 0.312. The van der Waals surface area contributed by atoms with E-state index in [9.17, 15) is 5.26 Å². The van der Waals surface area contributed by atoms with Crippen LogP contribution >= 0.6 is 11.3 Å². The minimum Gasteiger partial charge on any atom is -0.216 e. The molecule has 0 fully saturated rings. The molecule has 0 radical (unpaired) electrons. The molecule has 0 saturated heterocycles. The normalized spacial score (nSPS) is 11.8. The Morgan fingerprint density at radius 2 is 1.86 bits per heavy atom. The monoisotopic (exact) mass is 296 g/mol. The average Bonchev–Trinajstić information content (AvgIpc) is 2.96. The number of imidazole rings is 1. The number of aryl methyl sites for hydroxylation is 1. The number of benzene rings is 1. The van der Waals surface area contributed by atoms with Crippen LogP contribution < -0.4 is 0 Å². The highest BCUT2D eigenvalue weighted by Gasteiger charge is 2.23. The predicted molar refractivity (Wildman–Crippen MR) is 84.5 cm³/mol. The standard InChI is InChI=1S/C16H16N4S/c1-10-5-7-11(8-6-10)13-12(9-17)20-15(18-13)21-14(19-20)16(2,3)4/h5-8H,1-4H3. The lowest BCUT2D eigenvalue weighted by molar-refractivity contribution is 0.573. The maximum Gasteiger partial charge on any atom is 0.214 e. The summed E-state index contributed by atoms with van der Waals surface area (Å²) in [5.74, 6) is 0. The molecular formula is C16H16N4S. The van der Waals surface area contributed by atoms with Crippen LogP contribution in [0.2, 0.25) is 0 Å². The second kappa shape index (κ2) is 4.68. The molecule has 0 aliphatic carbocycles. The molecule has 2 heterocycles. The fourth-order valence-electron chi connectivity index (χ4n) is 2.06. The zero-order valence-corrected chi connectivity index (χ0v) is 13.3. The molecule has 2 aromatic heterocycles. The van der Waals surface area contributed by atoms with E-state index in [-0.39, 0.29) is 5.41 Å². The topological polar surface area (TPSA) is 54.0 Å². The molecule has 0 aliphatic heterocycles. The van der Waals surface area contributed by atoms with Crippen molar-refractivity contribution in [3.63, 3.8) is 0 Å². The van der Waals surface area contributed by atoms with Gasteiger partial charge in [0.05, 0.1) is 0 Å².